The largest absolute Gasteiger partial charge is 0.497 e. The third-order valence-electron chi connectivity index (χ3n) is 6.90. The van der Waals surface area contributed by atoms with E-state index in [1.54, 1.807) is 79.9 Å². The molecule has 0 spiro atoms. The fraction of sp³-hybridized carbons (Fsp3) is 0.212. The highest BCUT2D eigenvalue weighted by atomic mass is 35.5. The molecule has 0 fully saturated rings. The Morgan fingerprint density at radius 2 is 1.40 bits per heavy atom. The Bertz CT molecular complexity index is 1620. The number of nitrogens with one attached hydrogen (secondary N) is 1. The SMILES string of the molecule is COc1ccc(CN(C(=O)CN(Cc2ccccc2)S(C)(=O)=O)[C@H](C(=O)NCc2ccccc2Cl)c2ccccc2)cc1. The number of sulfonamides is 1. The number of rotatable bonds is 13. The zero-order valence-corrected chi connectivity index (χ0v) is 25.6. The summed E-state index contributed by atoms with van der Waals surface area (Å²) in [7, 11) is -2.22. The number of nitrogens with zero attached hydrogens (tertiary/aromatic N) is 2. The summed E-state index contributed by atoms with van der Waals surface area (Å²) in [4.78, 5) is 29.5. The second kappa shape index (κ2) is 14.8. The number of ether oxygens (including phenoxy) is 1. The van der Waals surface area contributed by atoms with E-state index >= 15 is 0 Å². The normalized spacial score (nSPS) is 12.0. The third kappa shape index (κ3) is 8.90. The van der Waals surface area contributed by atoms with Crippen molar-refractivity contribution in [1.29, 1.82) is 0 Å². The summed E-state index contributed by atoms with van der Waals surface area (Å²) in [5.41, 5.74) is 2.78. The van der Waals surface area contributed by atoms with Gasteiger partial charge in [-0.3, -0.25) is 9.59 Å². The van der Waals surface area contributed by atoms with Gasteiger partial charge in [-0.2, -0.15) is 4.31 Å². The second-order valence-electron chi connectivity index (χ2n) is 10.0. The lowest BCUT2D eigenvalue weighted by molar-refractivity contribution is -0.141. The smallest absolute Gasteiger partial charge is 0.247 e. The lowest BCUT2D eigenvalue weighted by Crippen LogP contribution is -2.47. The quantitative estimate of drug-likeness (QED) is 0.222. The number of benzene rings is 4. The van der Waals surface area contributed by atoms with Gasteiger partial charge in [0.1, 0.15) is 11.8 Å². The summed E-state index contributed by atoms with van der Waals surface area (Å²) in [5, 5.41) is 3.44. The van der Waals surface area contributed by atoms with Crippen molar-refractivity contribution in [2.75, 3.05) is 19.9 Å². The van der Waals surface area contributed by atoms with Gasteiger partial charge in [0.25, 0.3) is 0 Å². The first kappa shape index (κ1) is 31.7. The van der Waals surface area contributed by atoms with Crippen LogP contribution in [0.4, 0.5) is 0 Å². The Labute approximate surface area is 257 Å². The van der Waals surface area contributed by atoms with E-state index in [1.807, 2.05) is 36.4 Å². The molecule has 0 radical (unpaired) electrons. The van der Waals surface area contributed by atoms with Crippen LogP contribution in [0.2, 0.25) is 5.02 Å². The minimum absolute atomic E-state index is 0.0104. The molecule has 0 heterocycles. The topological polar surface area (TPSA) is 96.0 Å². The van der Waals surface area contributed by atoms with Crippen LogP contribution in [0.1, 0.15) is 28.3 Å². The molecule has 2 amide bonds. The molecule has 0 bridgehead atoms. The minimum atomic E-state index is -3.78. The number of methoxy groups -OCH3 is 1. The molecule has 0 unspecified atom stereocenters. The van der Waals surface area contributed by atoms with E-state index in [2.05, 4.69) is 5.32 Å². The summed E-state index contributed by atoms with van der Waals surface area (Å²) < 4.78 is 32.1. The summed E-state index contributed by atoms with van der Waals surface area (Å²) in [6.07, 6.45) is 1.07. The monoisotopic (exact) mass is 619 g/mol. The molecule has 1 N–H and O–H groups in total. The average molecular weight is 620 g/mol. The maximum atomic E-state index is 14.2. The fourth-order valence-corrected chi connectivity index (χ4v) is 5.53. The third-order valence-corrected chi connectivity index (χ3v) is 8.47. The lowest BCUT2D eigenvalue weighted by atomic mass is 10.0. The van der Waals surface area contributed by atoms with Gasteiger partial charge >= 0.3 is 0 Å². The summed E-state index contributed by atoms with van der Waals surface area (Å²) in [6.45, 7) is -0.248. The summed E-state index contributed by atoms with van der Waals surface area (Å²) in [6, 6.07) is 31.3. The summed E-state index contributed by atoms with van der Waals surface area (Å²) in [5.74, 6) is -0.314. The van der Waals surface area contributed by atoms with Crippen molar-refractivity contribution >= 4 is 33.4 Å². The van der Waals surface area contributed by atoms with Crippen molar-refractivity contribution in [1.82, 2.24) is 14.5 Å². The molecular formula is C33H34ClN3O5S. The van der Waals surface area contributed by atoms with E-state index in [0.717, 1.165) is 27.3 Å². The maximum absolute atomic E-state index is 14.2. The van der Waals surface area contributed by atoms with Crippen molar-refractivity contribution in [3.63, 3.8) is 0 Å². The minimum Gasteiger partial charge on any atom is -0.497 e. The first-order valence-electron chi connectivity index (χ1n) is 13.6. The van der Waals surface area contributed by atoms with Crippen molar-refractivity contribution in [3.8, 4) is 5.75 Å². The molecule has 8 nitrogen and oxygen atoms in total. The van der Waals surface area contributed by atoms with E-state index in [1.165, 1.54) is 4.90 Å². The van der Waals surface area contributed by atoms with E-state index < -0.39 is 34.4 Å². The van der Waals surface area contributed by atoms with Gasteiger partial charge in [0, 0.05) is 24.7 Å². The highest BCUT2D eigenvalue weighted by Crippen LogP contribution is 2.26. The van der Waals surface area contributed by atoms with Crippen LogP contribution in [0.25, 0.3) is 0 Å². The van der Waals surface area contributed by atoms with Crippen LogP contribution in [0, 0.1) is 0 Å². The molecule has 4 aromatic carbocycles. The Morgan fingerprint density at radius 3 is 2.00 bits per heavy atom. The predicted molar refractivity (Wildman–Crippen MR) is 168 cm³/mol. The molecule has 0 saturated carbocycles. The first-order chi connectivity index (χ1) is 20.7. The van der Waals surface area contributed by atoms with Gasteiger partial charge < -0.3 is 15.0 Å². The van der Waals surface area contributed by atoms with Crippen LogP contribution in [0.15, 0.2) is 109 Å². The van der Waals surface area contributed by atoms with Crippen molar-refractivity contribution in [2.45, 2.75) is 25.7 Å². The Hall–Kier alpha value is -4.18. The van der Waals surface area contributed by atoms with E-state index in [-0.39, 0.29) is 19.6 Å². The van der Waals surface area contributed by atoms with Gasteiger partial charge in [0.15, 0.2) is 0 Å². The Balaban J connectivity index is 1.71. The number of carbonyl (C=O) groups excluding carboxylic acids is 2. The zero-order valence-electron chi connectivity index (χ0n) is 24.0. The van der Waals surface area contributed by atoms with E-state index in [0.29, 0.717) is 16.3 Å². The van der Waals surface area contributed by atoms with Crippen LogP contribution in [0.3, 0.4) is 0 Å². The molecule has 1 atom stereocenters. The molecule has 224 valence electrons. The first-order valence-corrected chi connectivity index (χ1v) is 15.9. The van der Waals surface area contributed by atoms with Crippen LogP contribution in [0.5, 0.6) is 5.75 Å². The summed E-state index contributed by atoms with van der Waals surface area (Å²) >= 11 is 6.33. The molecule has 0 aromatic heterocycles. The van der Waals surface area contributed by atoms with Gasteiger partial charge in [-0.25, -0.2) is 8.42 Å². The van der Waals surface area contributed by atoms with Gasteiger partial charge in [-0.05, 0) is 40.5 Å². The zero-order chi connectivity index (χ0) is 30.8. The Kier molecular flexibility index (Phi) is 10.9. The van der Waals surface area contributed by atoms with Crippen LogP contribution in [-0.2, 0) is 39.2 Å². The number of halogens is 1. The Morgan fingerprint density at radius 1 is 0.814 bits per heavy atom. The van der Waals surface area contributed by atoms with Crippen LogP contribution < -0.4 is 10.1 Å². The van der Waals surface area contributed by atoms with E-state index in [4.69, 9.17) is 16.3 Å². The fourth-order valence-electron chi connectivity index (χ4n) is 4.60. The highest BCUT2D eigenvalue weighted by molar-refractivity contribution is 7.88. The molecule has 0 saturated heterocycles. The van der Waals surface area contributed by atoms with Gasteiger partial charge in [-0.15, -0.1) is 0 Å². The lowest BCUT2D eigenvalue weighted by Gasteiger charge is -2.33. The van der Waals surface area contributed by atoms with Crippen LogP contribution in [-0.4, -0.2) is 49.3 Å². The van der Waals surface area contributed by atoms with Gasteiger partial charge in [-0.1, -0.05) is 103 Å². The van der Waals surface area contributed by atoms with Crippen molar-refractivity contribution < 1.29 is 22.7 Å². The number of carbonyl (C=O) groups is 2. The molecule has 4 rings (SSSR count). The predicted octanol–water partition coefficient (Wildman–Crippen LogP) is 5.20. The van der Waals surface area contributed by atoms with Gasteiger partial charge in [0.05, 0.1) is 19.9 Å². The maximum Gasteiger partial charge on any atom is 0.247 e. The van der Waals surface area contributed by atoms with Gasteiger partial charge in [0.2, 0.25) is 21.8 Å². The molecule has 43 heavy (non-hydrogen) atoms. The molecule has 0 aliphatic carbocycles. The average Bonchev–Trinajstić information content (AvgIpc) is 3.01. The number of amides is 2. The highest BCUT2D eigenvalue weighted by Gasteiger charge is 2.33. The van der Waals surface area contributed by atoms with E-state index in [9.17, 15) is 18.0 Å². The standard InChI is InChI=1S/C33H34ClN3O5S/c1-42-29-19-17-26(18-20-29)23-37(31(38)24-36(43(2,40)41)22-25-11-5-3-6-12-25)32(27-13-7-4-8-14-27)33(39)35-21-28-15-9-10-16-30(28)34/h3-20,32H,21-24H2,1-2H3,(H,35,39)/t32-/m0/s1. The molecule has 0 aliphatic rings. The molecular weight excluding hydrogens is 586 g/mol. The number of hydrogen-bond donors (Lipinski definition) is 1. The van der Waals surface area contributed by atoms with Crippen molar-refractivity contribution in [2.24, 2.45) is 0 Å². The molecule has 10 heteroatoms. The number of hydrogen-bond acceptors (Lipinski definition) is 5. The van der Waals surface area contributed by atoms with Crippen LogP contribution >= 0.6 is 11.6 Å². The second-order valence-corrected chi connectivity index (χ2v) is 12.4. The molecule has 0 aliphatic heterocycles. The van der Waals surface area contributed by atoms with Crippen molar-refractivity contribution in [3.05, 3.63) is 136 Å². The molecule has 4 aromatic rings.